The van der Waals surface area contributed by atoms with Crippen LogP contribution in [0.1, 0.15) is 71.7 Å². The zero-order valence-corrected chi connectivity index (χ0v) is 20.6. The summed E-state index contributed by atoms with van der Waals surface area (Å²) in [6.45, 7) is 3.98. The van der Waals surface area contributed by atoms with Crippen LogP contribution < -0.4 is 16.0 Å². The largest absolute Gasteiger partial charge is 0.376 e. The first kappa shape index (κ1) is 22.7. The van der Waals surface area contributed by atoms with E-state index >= 15 is 0 Å². The minimum atomic E-state index is -0.455. The van der Waals surface area contributed by atoms with Gasteiger partial charge in [-0.2, -0.15) is 0 Å². The molecule has 2 aromatic rings. The molecular formula is C25H31ClN4O2S. The molecule has 2 amide bonds. The first-order valence-corrected chi connectivity index (χ1v) is 13.2. The third kappa shape index (κ3) is 5.35. The Kier molecular flexibility index (Phi) is 6.36. The van der Waals surface area contributed by atoms with Crippen molar-refractivity contribution in [2.45, 2.75) is 70.5 Å². The average Bonchev–Trinajstić information content (AvgIpc) is 3.67. The summed E-state index contributed by atoms with van der Waals surface area (Å²) in [6.07, 6.45) is 8.23. The third-order valence-electron chi connectivity index (χ3n) is 7.28. The maximum Gasteiger partial charge on any atom is 0.262 e. The monoisotopic (exact) mass is 486 g/mol. The molecule has 2 heterocycles. The lowest BCUT2D eigenvalue weighted by Gasteiger charge is -2.22. The van der Waals surface area contributed by atoms with E-state index in [0.29, 0.717) is 21.9 Å². The Morgan fingerprint density at radius 1 is 1.24 bits per heavy atom. The van der Waals surface area contributed by atoms with Crippen LogP contribution >= 0.6 is 22.9 Å². The molecule has 3 saturated carbocycles. The lowest BCUT2D eigenvalue weighted by molar-refractivity contribution is -0.123. The Hall–Kier alpha value is -2.12. The third-order valence-corrected chi connectivity index (χ3v) is 8.75. The first-order valence-electron chi connectivity index (χ1n) is 12.0. The molecule has 2 aromatic heterocycles. The van der Waals surface area contributed by atoms with E-state index in [-0.39, 0.29) is 17.9 Å². The fraction of sp³-hybridized carbons (Fsp3) is 0.560. The molecule has 3 N–H and O–H groups in total. The minimum Gasteiger partial charge on any atom is -0.376 e. The summed E-state index contributed by atoms with van der Waals surface area (Å²) in [5.74, 6) is 2.00. The van der Waals surface area contributed by atoms with Gasteiger partial charge in [-0.15, -0.1) is 11.3 Å². The van der Waals surface area contributed by atoms with E-state index in [2.05, 4.69) is 20.9 Å². The Morgan fingerprint density at radius 3 is 2.76 bits per heavy atom. The number of rotatable bonds is 9. The fourth-order valence-corrected chi connectivity index (χ4v) is 6.15. The van der Waals surface area contributed by atoms with Crippen LogP contribution in [-0.4, -0.2) is 28.9 Å². The number of nitrogens with zero attached hydrogens (tertiary/aromatic N) is 1. The second-order valence-corrected chi connectivity index (χ2v) is 11.4. The van der Waals surface area contributed by atoms with Crippen LogP contribution in [0.25, 0.3) is 0 Å². The van der Waals surface area contributed by atoms with Gasteiger partial charge < -0.3 is 16.0 Å². The standard InChI is InChI=1S/C25H31ClN4O2S/c1-13-20(11-17(26)12-27-13)28-14(2)22-7-8-23(33-22)25(32)30-21(24(31)29-18-5-6-18)10-16-4-3-15-9-19(15)16/h7-8,11-12,14-16,18-19,21,28H,3-6,9-10H2,1-2H3,(H,29,31)(H,30,32)/t14-,15?,16+,19?,21-/m0/s1. The van der Waals surface area contributed by atoms with Crippen molar-refractivity contribution < 1.29 is 9.59 Å². The fourth-order valence-electron chi connectivity index (χ4n) is 5.07. The molecule has 176 valence electrons. The van der Waals surface area contributed by atoms with E-state index in [0.717, 1.165) is 47.4 Å². The molecular weight excluding hydrogens is 456 g/mol. The van der Waals surface area contributed by atoms with Crippen LogP contribution in [0.2, 0.25) is 5.02 Å². The number of fused-ring (bicyclic) bond motifs is 1. The Balaban J connectivity index is 1.23. The number of amides is 2. The molecule has 5 atom stereocenters. The van der Waals surface area contributed by atoms with Crippen molar-refractivity contribution in [2.24, 2.45) is 17.8 Å². The first-order chi connectivity index (χ1) is 15.9. The van der Waals surface area contributed by atoms with Gasteiger partial charge in [0, 0.05) is 17.1 Å². The molecule has 0 aromatic carbocycles. The van der Waals surface area contributed by atoms with E-state index in [4.69, 9.17) is 11.6 Å². The molecule has 0 saturated heterocycles. The molecule has 8 heteroatoms. The molecule has 0 bridgehead atoms. The number of hydrogen-bond acceptors (Lipinski definition) is 5. The van der Waals surface area contributed by atoms with Gasteiger partial charge in [0.05, 0.1) is 27.3 Å². The van der Waals surface area contributed by atoms with Crippen LogP contribution in [0.3, 0.4) is 0 Å². The minimum absolute atomic E-state index is 0.00484. The normalized spacial score (nSPS) is 25.1. The van der Waals surface area contributed by atoms with Gasteiger partial charge in [-0.3, -0.25) is 14.6 Å². The molecule has 5 rings (SSSR count). The molecule has 0 aliphatic heterocycles. The number of carbonyl (C=O) groups excluding carboxylic acids is 2. The van der Waals surface area contributed by atoms with E-state index in [1.807, 2.05) is 32.0 Å². The van der Waals surface area contributed by atoms with Gasteiger partial charge in [0.15, 0.2) is 0 Å². The highest BCUT2D eigenvalue weighted by molar-refractivity contribution is 7.14. The average molecular weight is 487 g/mol. The number of pyridine rings is 1. The molecule has 33 heavy (non-hydrogen) atoms. The Bertz CT molecular complexity index is 1050. The number of thiophene rings is 1. The van der Waals surface area contributed by atoms with Crippen molar-refractivity contribution in [1.29, 1.82) is 0 Å². The van der Waals surface area contributed by atoms with Gasteiger partial charge >= 0.3 is 0 Å². The number of aryl methyl sites for hydroxylation is 1. The summed E-state index contributed by atoms with van der Waals surface area (Å²) in [6, 6.07) is 5.50. The number of aromatic nitrogens is 1. The molecule has 0 spiro atoms. The second kappa shape index (κ2) is 9.26. The second-order valence-electron chi connectivity index (χ2n) is 9.90. The predicted octanol–water partition coefficient (Wildman–Crippen LogP) is 5.09. The summed E-state index contributed by atoms with van der Waals surface area (Å²) in [4.78, 5) is 31.9. The SMILES string of the molecule is Cc1ncc(Cl)cc1N[C@@H](C)c1ccc(C(=O)N[C@@H](C[C@H]2CCC3CC32)C(=O)NC2CC2)s1. The van der Waals surface area contributed by atoms with Crippen molar-refractivity contribution in [3.05, 3.63) is 44.9 Å². The van der Waals surface area contributed by atoms with E-state index in [1.54, 1.807) is 6.20 Å². The van der Waals surface area contributed by atoms with Crippen LogP contribution in [-0.2, 0) is 4.79 Å². The van der Waals surface area contributed by atoms with Gasteiger partial charge in [-0.1, -0.05) is 11.6 Å². The zero-order valence-electron chi connectivity index (χ0n) is 19.1. The highest BCUT2D eigenvalue weighted by atomic mass is 35.5. The van der Waals surface area contributed by atoms with Crippen molar-refractivity contribution in [1.82, 2.24) is 15.6 Å². The summed E-state index contributed by atoms with van der Waals surface area (Å²) in [5.41, 5.74) is 1.75. The Morgan fingerprint density at radius 2 is 2.06 bits per heavy atom. The topological polar surface area (TPSA) is 83.1 Å². The molecule has 3 aliphatic rings. The van der Waals surface area contributed by atoms with Crippen molar-refractivity contribution >= 4 is 40.4 Å². The predicted molar refractivity (Wildman–Crippen MR) is 132 cm³/mol. The maximum atomic E-state index is 13.1. The summed E-state index contributed by atoms with van der Waals surface area (Å²) >= 11 is 7.54. The number of nitrogens with one attached hydrogen (secondary N) is 3. The lowest BCUT2D eigenvalue weighted by atomic mass is 9.94. The van der Waals surface area contributed by atoms with Crippen LogP contribution in [0, 0.1) is 24.7 Å². The lowest BCUT2D eigenvalue weighted by Crippen LogP contribution is -2.48. The van der Waals surface area contributed by atoms with E-state index in [1.165, 1.54) is 30.6 Å². The number of hydrogen-bond donors (Lipinski definition) is 3. The van der Waals surface area contributed by atoms with E-state index in [9.17, 15) is 9.59 Å². The van der Waals surface area contributed by atoms with Crippen LogP contribution in [0.15, 0.2) is 24.4 Å². The zero-order chi connectivity index (χ0) is 23.1. The molecule has 3 aliphatic carbocycles. The van der Waals surface area contributed by atoms with Crippen LogP contribution in [0.4, 0.5) is 5.69 Å². The maximum absolute atomic E-state index is 13.1. The van der Waals surface area contributed by atoms with Gasteiger partial charge in [-0.05, 0) is 88.3 Å². The number of carbonyl (C=O) groups is 2. The summed E-state index contributed by atoms with van der Waals surface area (Å²) in [7, 11) is 0. The molecule has 2 unspecified atom stereocenters. The highest BCUT2D eigenvalue weighted by Gasteiger charge is 2.48. The Labute approximate surface area is 203 Å². The van der Waals surface area contributed by atoms with Gasteiger partial charge in [0.1, 0.15) is 6.04 Å². The highest BCUT2D eigenvalue weighted by Crippen LogP contribution is 2.56. The quantitative estimate of drug-likeness (QED) is 0.461. The molecule has 0 radical (unpaired) electrons. The number of anilines is 1. The van der Waals surface area contributed by atoms with Crippen molar-refractivity contribution in [3.8, 4) is 0 Å². The van der Waals surface area contributed by atoms with E-state index < -0.39 is 6.04 Å². The summed E-state index contributed by atoms with van der Waals surface area (Å²) in [5, 5.41) is 10.2. The van der Waals surface area contributed by atoms with Crippen LogP contribution in [0.5, 0.6) is 0 Å². The number of halogens is 1. The van der Waals surface area contributed by atoms with Gasteiger partial charge in [-0.25, -0.2) is 0 Å². The van der Waals surface area contributed by atoms with Crippen molar-refractivity contribution in [3.63, 3.8) is 0 Å². The van der Waals surface area contributed by atoms with Gasteiger partial charge in [0.25, 0.3) is 5.91 Å². The molecule has 6 nitrogen and oxygen atoms in total. The van der Waals surface area contributed by atoms with Crippen molar-refractivity contribution in [2.75, 3.05) is 5.32 Å². The van der Waals surface area contributed by atoms with Gasteiger partial charge in [0.2, 0.25) is 5.91 Å². The summed E-state index contributed by atoms with van der Waals surface area (Å²) < 4.78 is 0. The molecule has 3 fully saturated rings. The smallest absolute Gasteiger partial charge is 0.262 e.